The summed E-state index contributed by atoms with van der Waals surface area (Å²) in [5, 5.41) is 2.88. The molecule has 1 aliphatic carbocycles. The molecule has 2 amide bonds. The van der Waals surface area contributed by atoms with Gasteiger partial charge in [0, 0.05) is 49.5 Å². The fourth-order valence-corrected chi connectivity index (χ4v) is 3.89. The van der Waals surface area contributed by atoms with Crippen molar-refractivity contribution in [2.75, 3.05) is 36.4 Å². The Bertz CT molecular complexity index is 976. The van der Waals surface area contributed by atoms with E-state index in [-0.39, 0.29) is 17.7 Å². The van der Waals surface area contributed by atoms with E-state index in [9.17, 15) is 22.8 Å². The Balaban J connectivity index is 1.34. The van der Waals surface area contributed by atoms with Crippen LogP contribution >= 0.6 is 0 Å². The Kier molecular flexibility index (Phi) is 6.08. The Labute approximate surface area is 184 Å². The van der Waals surface area contributed by atoms with Gasteiger partial charge in [0.2, 0.25) is 5.91 Å². The number of nitrogens with one attached hydrogen (secondary N) is 1. The lowest BCUT2D eigenvalue weighted by Crippen LogP contribution is -2.35. The molecule has 9 heteroatoms. The summed E-state index contributed by atoms with van der Waals surface area (Å²) < 4.78 is 38.3. The van der Waals surface area contributed by atoms with Crippen LogP contribution in [0.1, 0.15) is 35.7 Å². The Morgan fingerprint density at radius 1 is 1.03 bits per heavy atom. The van der Waals surface area contributed by atoms with Crippen molar-refractivity contribution in [3.63, 3.8) is 0 Å². The Hall–Kier alpha value is -3.10. The fourth-order valence-electron chi connectivity index (χ4n) is 3.89. The molecule has 0 spiro atoms. The highest BCUT2D eigenvalue weighted by atomic mass is 19.4. The summed E-state index contributed by atoms with van der Waals surface area (Å²) in [6, 6.07) is 9.27. The van der Waals surface area contributed by atoms with E-state index in [2.05, 4.69) is 10.3 Å². The number of anilines is 2. The largest absolute Gasteiger partial charge is 0.417 e. The van der Waals surface area contributed by atoms with Gasteiger partial charge in [-0.25, -0.2) is 4.98 Å². The van der Waals surface area contributed by atoms with E-state index in [1.54, 1.807) is 29.2 Å². The second kappa shape index (κ2) is 8.80. The zero-order valence-electron chi connectivity index (χ0n) is 17.7. The molecule has 1 aliphatic heterocycles. The zero-order chi connectivity index (χ0) is 22.9. The SMILES string of the molecule is CC1CC1C(=O)Nc1ccc(C(=O)N2CCCN(c3ccc(C(F)(F)F)cn3)CC2)cc1. The number of alkyl halides is 3. The van der Waals surface area contributed by atoms with Crippen LogP contribution in [0.3, 0.4) is 0 Å². The third-order valence-corrected chi connectivity index (χ3v) is 6.03. The van der Waals surface area contributed by atoms with Crippen LogP contribution in [0, 0.1) is 11.8 Å². The van der Waals surface area contributed by atoms with Crippen LogP contribution in [0.5, 0.6) is 0 Å². The lowest BCUT2D eigenvalue weighted by molar-refractivity contribution is -0.137. The van der Waals surface area contributed by atoms with Crippen LogP contribution in [0.15, 0.2) is 42.6 Å². The number of halogens is 3. The van der Waals surface area contributed by atoms with Crippen molar-refractivity contribution in [3.8, 4) is 0 Å². The molecule has 1 saturated carbocycles. The predicted molar refractivity (Wildman–Crippen MR) is 114 cm³/mol. The van der Waals surface area contributed by atoms with Crippen LogP contribution in [-0.4, -0.2) is 47.9 Å². The average Bonchev–Trinajstić information content (AvgIpc) is 3.55. The molecule has 2 unspecified atom stereocenters. The molecule has 1 N–H and O–H groups in total. The third kappa shape index (κ3) is 5.03. The van der Waals surface area contributed by atoms with Gasteiger partial charge in [-0.1, -0.05) is 6.92 Å². The number of amides is 2. The molecular weight excluding hydrogens is 421 g/mol. The first-order chi connectivity index (χ1) is 15.2. The average molecular weight is 446 g/mol. The van der Waals surface area contributed by atoms with Gasteiger partial charge in [0.1, 0.15) is 5.82 Å². The van der Waals surface area contributed by atoms with Crippen LogP contribution < -0.4 is 10.2 Å². The van der Waals surface area contributed by atoms with Crippen molar-refractivity contribution in [3.05, 3.63) is 53.7 Å². The number of hydrogen-bond acceptors (Lipinski definition) is 4. The molecule has 2 aliphatic rings. The number of rotatable bonds is 4. The summed E-state index contributed by atoms with van der Waals surface area (Å²) in [5.41, 5.74) is 0.420. The van der Waals surface area contributed by atoms with Gasteiger partial charge in [-0.2, -0.15) is 13.2 Å². The first-order valence-corrected chi connectivity index (χ1v) is 10.7. The third-order valence-electron chi connectivity index (χ3n) is 6.03. The standard InChI is InChI=1S/C23H25F3N4O2/c1-15-13-19(15)21(31)28-18-6-3-16(4-7-18)22(32)30-10-2-9-29(11-12-30)20-8-5-17(14-27-20)23(24,25)26/h3-8,14-15,19H,2,9-13H2,1H3,(H,28,31). The van der Waals surface area contributed by atoms with E-state index in [0.29, 0.717) is 55.6 Å². The molecule has 4 rings (SSSR count). The van der Waals surface area contributed by atoms with Gasteiger partial charge in [0.15, 0.2) is 0 Å². The Morgan fingerprint density at radius 3 is 2.34 bits per heavy atom. The van der Waals surface area contributed by atoms with Crippen LogP contribution in [0.25, 0.3) is 0 Å². The van der Waals surface area contributed by atoms with Gasteiger partial charge >= 0.3 is 6.18 Å². The van der Waals surface area contributed by atoms with Gasteiger partial charge in [0.05, 0.1) is 5.56 Å². The fraction of sp³-hybridized carbons (Fsp3) is 0.435. The second-order valence-electron chi connectivity index (χ2n) is 8.42. The maximum Gasteiger partial charge on any atom is 0.417 e. The highest BCUT2D eigenvalue weighted by molar-refractivity contribution is 5.97. The van der Waals surface area contributed by atoms with E-state index in [0.717, 1.165) is 18.7 Å². The first kappa shape index (κ1) is 22.1. The van der Waals surface area contributed by atoms with E-state index in [1.807, 2.05) is 11.8 Å². The molecule has 32 heavy (non-hydrogen) atoms. The van der Waals surface area contributed by atoms with Crippen molar-refractivity contribution in [2.24, 2.45) is 11.8 Å². The molecule has 1 saturated heterocycles. The number of aromatic nitrogens is 1. The highest BCUT2D eigenvalue weighted by Crippen LogP contribution is 2.38. The molecule has 6 nitrogen and oxygen atoms in total. The van der Waals surface area contributed by atoms with Gasteiger partial charge in [-0.05, 0) is 55.2 Å². The zero-order valence-corrected chi connectivity index (χ0v) is 17.7. The number of benzene rings is 1. The number of hydrogen-bond donors (Lipinski definition) is 1. The summed E-state index contributed by atoms with van der Waals surface area (Å²) in [7, 11) is 0. The highest BCUT2D eigenvalue weighted by Gasteiger charge is 2.39. The van der Waals surface area contributed by atoms with Crippen molar-refractivity contribution >= 4 is 23.3 Å². The number of nitrogens with zero attached hydrogens (tertiary/aromatic N) is 3. The van der Waals surface area contributed by atoms with E-state index in [1.165, 1.54) is 6.07 Å². The quantitative estimate of drug-likeness (QED) is 0.770. The number of carbonyl (C=O) groups is 2. The molecule has 1 aromatic carbocycles. The summed E-state index contributed by atoms with van der Waals surface area (Å²) >= 11 is 0. The van der Waals surface area contributed by atoms with E-state index in [4.69, 9.17) is 0 Å². The lowest BCUT2D eigenvalue weighted by atomic mass is 10.1. The van der Waals surface area contributed by atoms with Crippen LogP contribution in [0.4, 0.5) is 24.7 Å². The normalized spacial score (nSPS) is 21.1. The second-order valence-corrected chi connectivity index (χ2v) is 8.42. The van der Waals surface area contributed by atoms with Gasteiger partial charge in [0.25, 0.3) is 5.91 Å². The predicted octanol–water partition coefficient (Wildman–Crippen LogP) is 4.05. The van der Waals surface area contributed by atoms with Crippen molar-refractivity contribution < 1.29 is 22.8 Å². The number of pyridine rings is 1. The van der Waals surface area contributed by atoms with Crippen LogP contribution in [-0.2, 0) is 11.0 Å². The molecule has 0 radical (unpaired) electrons. The molecule has 2 atom stereocenters. The molecule has 0 bridgehead atoms. The van der Waals surface area contributed by atoms with E-state index >= 15 is 0 Å². The molecule has 1 aromatic heterocycles. The number of carbonyl (C=O) groups excluding carboxylic acids is 2. The van der Waals surface area contributed by atoms with Gasteiger partial charge in [-0.3, -0.25) is 9.59 Å². The van der Waals surface area contributed by atoms with Crippen molar-refractivity contribution in [2.45, 2.75) is 25.9 Å². The maximum absolute atomic E-state index is 12.9. The van der Waals surface area contributed by atoms with Crippen molar-refractivity contribution in [1.29, 1.82) is 0 Å². The smallest absolute Gasteiger partial charge is 0.355 e. The molecule has 170 valence electrons. The molecular formula is C23H25F3N4O2. The molecule has 2 heterocycles. The Morgan fingerprint density at radius 2 is 1.75 bits per heavy atom. The van der Waals surface area contributed by atoms with Gasteiger partial charge < -0.3 is 15.1 Å². The minimum Gasteiger partial charge on any atom is -0.355 e. The van der Waals surface area contributed by atoms with Crippen LogP contribution in [0.2, 0.25) is 0 Å². The lowest BCUT2D eigenvalue weighted by Gasteiger charge is -2.23. The van der Waals surface area contributed by atoms with Crippen molar-refractivity contribution in [1.82, 2.24) is 9.88 Å². The molecule has 2 fully saturated rings. The van der Waals surface area contributed by atoms with E-state index < -0.39 is 11.7 Å². The monoisotopic (exact) mass is 446 g/mol. The maximum atomic E-state index is 12.9. The summed E-state index contributed by atoms with van der Waals surface area (Å²) in [6.07, 6.45) is -1.98. The minimum absolute atomic E-state index is 0.0149. The van der Waals surface area contributed by atoms with Gasteiger partial charge in [-0.15, -0.1) is 0 Å². The summed E-state index contributed by atoms with van der Waals surface area (Å²) in [5.74, 6) is 0.881. The topological polar surface area (TPSA) is 65.5 Å². The first-order valence-electron chi connectivity index (χ1n) is 10.7. The summed E-state index contributed by atoms with van der Waals surface area (Å²) in [6.45, 7) is 4.13. The minimum atomic E-state index is -4.41. The summed E-state index contributed by atoms with van der Waals surface area (Å²) in [4.78, 5) is 32.6. The molecule has 2 aromatic rings.